The number of rotatable bonds is 6. The lowest BCUT2D eigenvalue weighted by Gasteiger charge is -2.09. The Bertz CT molecular complexity index is 835. The zero-order valence-corrected chi connectivity index (χ0v) is 14.5. The van der Waals surface area contributed by atoms with Gasteiger partial charge >= 0.3 is 5.97 Å². The van der Waals surface area contributed by atoms with Crippen molar-refractivity contribution in [3.05, 3.63) is 58.9 Å². The minimum absolute atomic E-state index is 0.0473. The molecule has 1 aliphatic rings. The number of anilines is 1. The molecule has 1 aliphatic carbocycles. The van der Waals surface area contributed by atoms with Gasteiger partial charge in [0.1, 0.15) is 11.6 Å². The number of aryl methyl sites for hydroxylation is 3. The fourth-order valence-electron chi connectivity index (χ4n) is 2.88. The van der Waals surface area contributed by atoms with Crippen LogP contribution in [0.3, 0.4) is 0 Å². The minimum atomic E-state index is -0.662. The molecule has 0 bridgehead atoms. The maximum Gasteiger partial charge on any atom is 0.344 e. The molecule has 0 spiro atoms. The first-order chi connectivity index (χ1) is 12.5. The monoisotopic (exact) mass is 357 g/mol. The standard InChI is InChI=1S/C20H20FNO4/c1-13-5-8-18(17(21)9-13)22-19(23)11-26-20(24)12-25-16-7-6-14-3-2-4-15(14)10-16/h5-10H,2-4,11-12H2,1H3,(H,22,23). The van der Waals surface area contributed by atoms with E-state index in [9.17, 15) is 14.0 Å². The molecule has 0 fully saturated rings. The van der Waals surface area contributed by atoms with E-state index >= 15 is 0 Å². The number of carbonyl (C=O) groups is 2. The van der Waals surface area contributed by atoms with E-state index in [-0.39, 0.29) is 12.3 Å². The lowest BCUT2D eigenvalue weighted by atomic mass is 10.1. The molecule has 1 amide bonds. The quantitative estimate of drug-likeness (QED) is 0.807. The number of benzene rings is 2. The van der Waals surface area contributed by atoms with E-state index in [1.165, 1.54) is 23.3 Å². The van der Waals surface area contributed by atoms with Crippen LogP contribution in [0.4, 0.5) is 10.1 Å². The molecule has 0 atom stereocenters. The first kappa shape index (κ1) is 17.9. The van der Waals surface area contributed by atoms with Gasteiger partial charge in [-0.25, -0.2) is 9.18 Å². The van der Waals surface area contributed by atoms with Crippen LogP contribution in [0.1, 0.15) is 23.1 Å². The molecule has 136 valence electrons. The van der Waals surface area contributed by atoms with Gasteiger partial charge in [-0.15, -0.1) is 0 Å². The zero-order chi connectivity index (χ0) is 18.5. The number of carbonyl (C=O) groups excluding carboxylic acids is 2. The normalized spacial score (nSPS) is 12.4. The van der Waals surface area contributed by atoms with E-state index < -0.39 is 24.3 Å². The van der Waals surface area contributed by atoms with Gasteiger partial charge in [0.05, 0.1) is 5.69 Å². The number of amides is 1. The number of nitrogens with one attached hydrogen (secondary N) is 1. The van der Waals surface area contributed by atoms with Crippen molar-refractivity contribution in [2.45, 2.75) is 26.2 Å². The van der Waals surface area contributed by atoms with Crippen molar-refractivity contribution >= 4 is 17.6 Å². The van der Waals surface area contributed by atoms with E-state index in [1.54, 1.807) is 13.0 Å². The van der Waals surface area contributed by atoms with E-state index in [0.29, 0.717) is 5.75 Å². The number of hydrogen-bond acceptors (Lipinski definition) is 4. The molecule has 3 rings (SSSR count). The Morgan fingerprint density at radius 1 is 1.08 bits per heavy atom. The highest BCUT2D eigenvalue weighted by atomic mass is 19.1. The van der Waals surface area contributed by atoms with Crippen LogP contribution in [0.25, 0.3) is 0 Å². The van der Waals surface area contributed by atoms with Crippen LogP contribution in [0.15, 0.2) is 36.4 Å². The molecule has 0 radical (unpaired) electrons. The molecule has 0 saturated heterocycles. The molecule has 6 heteroatoms. The van der Waals surface area contributed by atoms with Gasteiger partial charge in [-0.1, -0.05) is 12.1 Å². The van der Waals surface area contributed by atoms with Crippen molar-refractivity contribution in [2.24, 2.45) is 0 Å². The topological polar surface area (TPSA) is 64.6 Å². The second kappa shape index (κ2) is 7.99. The Kier molecular flexibility index (Phi) is 5.51. The third-order valence-electron chi connectivity index (χ3n) is 4.19. The number of hydrogen-bond donors (Lipinski definition) is 1. The van der Waals surface area contributed by atoms with Crippen molar-refractivity contribution in [1.29, 1.82) is 0 Å². The van der Waals surface area contributed by atoms with E-state index in [0.717, 1.165) is 24.8 Å². The Morgan fingerprint density at radius 2 is 1.88 bits per heavy atom. The van der Waals surface area contributed by atoms with Gasteiger partial charge in [-0.05, 0) is 67.1 Å². The van der Waals surface area contributed by atoms with Crippen LogP contribution in [0.2, 0.25) is 0 Å². The Morgan fingerprint density at radius 3 is 2.69 bits per heavy atom. The van der Waals surface area contributed by atoms with Crippen LogP contribution in [-0.2, 0) is 27.2 Å². The highest BCUT2D eigenvalue weighted by Gasteiger charge is 2.13. The summed E-state index contributed by atoms with van der Waals surface area (Å²) in [6.45, 7) is 0.960. The molecule has 0 aromatic heterocycles. The van der Waals surface area contributed by atoms with Gasteiger partial charge in [0.25, 0.3) is 5.91 Å². The smallest absolute Gasteiger partial charge is 0.344 e. The van der Waals surface area contributed by atoms with Crippen molar-refractivity contribution in [1.82, 2.24) is 0 Å². The van der Waals surface area contributed by atoms with Gasteiger partial charge in [-0.2, -0.15) is 0 Å². The Balaban J connectivity index is 1.43. The van der Waals surface area contributed by atoms with Crippen molar-refractivity contribution in [3.8, 4) is 5.75 Å². The lowest BCUT2D eigenvalue weighted by molar-refractivity contribution is -0.149. The van der Waals surface area contributed by atoms with Gasteiger partial charge < -0.3 is 14.8 Å². The van der Waals surface area contributed by atoms with Crippen molar-refractivity contribution < 1.29 is 23.5 Å². The zero-order valence-electron chi connectivity index (χ0n) is 14.5. The summed E-state index contributed by atoms with van der Waals surface area (Å²) in [4.78, 5) is 23.5. The summed E-state index contributed by atoms with van der Waals surface area (Å²) in [6, 6.07) is 10.2. The summed E-state index contributed by atoms with van der Waals surface area (Å²) < 4.78 is 23.9. The maximum absolute atomic E-state index is 13.7. The van der Waals surface area contributed by atoms with Gasteiger partial charge in [-0.3, -0.25) is 4.79 Å². The third-order valence-corrected chi connectivity index (χ3v) is 4.19. The first-order valence-corrected chi connectivity index (χ1v) is 8.47. The number of halogens is 1. The first-order valence-electron chi connectivity index (χ1n) is 8.47. The average Bonchev–Trinajstić information content (AvgIpc) is 3.08. The predicted octanol–water partition coefficient (Wildman–Crippen LogP) is 3.18. The van der Waals surface area contributed by atoms with Crippen LogP contribution in [0.5, 0.6) is 5.75 Å². The van der Waals surface area contributed by atoms with Crippen LogP contribution < -0.4 is 10.1 Å². The van der Waals surface area contributed by atoms with Crippen LogP contribution in [-0.4, -0.2) is 25.1 Å². The number of esters is 1. The van der Waals surface area contributed by atoms with E-state index in [2.05, 4.69) is 5.32 Å². The largest absolute Gasteiger partial charge is 0.482 e. The molecular formula is C20H20FNO4. The highest BCUT2D eigenvalue weighted by Crippen LogP contribution is 2.26. The predicted molar refractivity (Wildman–Crippen MR) is 94.7 cm³/mol. The second-order valence-electron chi connectivity index (χ2n) is 6.26. The molecule has 2 aromatic rings. The molecule has 0 aliphatic heterocycles. The number of ether oxygens (including phenoxy) is 2. The van der Waals surface area contributed by atoms with Crippen molar-refractivity contribution in [2.75, 3.05) is 18.5 Å². The molecule has 2 aromatic carbocycles. The lowest BCUT2D eigenvalue weighted by Crippen LogP contribution is -2.24. The highest BCUT2D eigenvalue weighted by molar-refractivity contribution is 5.93. The Labute approximate surface area is 151 Å². The molecule has 0 unspecified atom stereocenters. The SMILES string of the molecule is Cc1ccc(NC(=O)COC(=O)COc2ccc3c(c2)CCC3)c(F)c1. The minimum Gasteiger partial charge on any atom is -0.482 e. The van der Waals surface area contributed by atoms with Crippen molar-refractivity contribution in [3.63, 3.8) is 0 Å². The summed E-state index contributed by atoms with van der Waals surface area (Å²) >= 11 is 0. The fraction of sp³-hybridized carbons (Fsp3) is 0.300. The van der Waals surface area contributed by atoms with Crippen LogP contribution >= 0.6 is 0 Å². The summed E-state index contributed by atoms with van der Waals surface area (Å²) in [5, 5.41) is 2.36. The van der Waals surface area contributed by atoms with Gasteiger partial charge in [0.2, 0.25) is 0 Å². The molecule has 0 heterocycles. The van der Waals surface area contributed by atoms with Crippen LogP contribution in [0, 0.1) is 12.7 Å². The summed E-state index contributed by atoms with van der Waals surface area (Å²) in [5.74, 6) is -1.21. The maximum atomic E-state index is 13.7. The number of fused-ring (bicyclic) bond motifs is 1. The fourth-order valence-corrected chi connectivity index (χ4v) is 2.88. The Hall–Kier alpha value is -2.89. The van der Waals surface area contributed by atoms with E-state index in [1.807, 2.05) is 18.2 Å². The van der Waals surface area contributed by atoms with Gasteiger partial charge in [0.15, 0.2) is 13.2 Å². The van der Waals surface area contributed by atoms with Gasteiger partial charge in [0, 0.05) is 0 Å². The molecule has 26 heavy (non-hydrogen) atoms. The summed E-state index contributed by atoms with van der Waals surface area (Å²) in [5.41, 5.74) is 3.36. The third kappa shape index (κ3) is 4.59. The molecule has 5 nitrogen and oxygen atoms in total. The summed E-state index contributed by atoms with van der Waals surface area (Å²) in [6.07, 6.45) is 3.23. The molecule has 0 saturated carbocycles. The summed E-state index contributed by atoms with van der Waals surface area (Å²) in [7, 11) is 0. The second-order valence-corrected chi connectivity index (χ2v) is 6.26. The molecule has 1 N–H and O–H groups in total. The average molecular weight is 357 g/mol. The van der Waals surface area contributed by atoms with E-state index in [4.69, 9.17) is 9.47 Å². The molecular weight excluding hydrogens is 337 g/mol.